The lowest BCUT2D eigenvalue weighted by atomic mass is 10.00. The Morgan fingerprint density at radius 1 is 1.60 bits per heavy atom. The van der Waals surface area contributed by atoms with Crippen molar-refractivity contribution in [3.63, 3.8) is 0 Å². The Hall–Kier alpha value is -1.66. The highest BCUT2D eigenvalue weighted by atomic mass is 32.1. The number of nitrogens with one attached hydrogen (secondary N) is 1. The third-order valence-electron chi connectivity index (χ3n) is 3.20. The fraction of sp³-hybridized carbons (Fsp3) is 0.429. The molecular weight excluding hydrogens is 276 g/mol. The SMILES string of the molecule is CCC(C)(CO)NC(=O)Cc1csc(-c2ccco2)n1. The van der Waals surface area contributed by atoms with E-state index in [-0.39, 0.29) is 18.9 Å². The van der Waals surface area contributed by atoms with Crippen LogP contribution in [0.1, 0.15) is 26.0 Å². The summed E-state index contributed by atoms with van der Waals surface area (Å²) in [4.78, 5) is 16.3. The van der Waals surface area contributed by atoms with Crippen LogP contribution < -0.4 is 5.32 Å². The fourth-order valence-electron chi connectivity index (χ4n) is 1.69. The maximum Gasteiger partial charge on any atom is 0.226 e. The number of carbonyl (C=O) groups excluding carboxylic acids is 1. The van der Waals surface area contributed by atoms with Gasteiger partial charge < -0.3 is 14.8 Å². The fourth-order valence-corrected chi connectivity index (χ4v) is 2.47. The molecule has 0 aliphatic rings. The molecule has 5 nitrogen and oxygen atoms in total. The van der Waals surface area contributed by atoms with Gasteiger partial charge >= 0.3 is 0 Å². The summed E-state index contributed by atoms with van der Waals surface area (Å²) in [5.74, 6) is 0.565. The van der Waals surface area contributed by atoms with Gasteiger partial charge in [-0.3, -0.25) is 4.79 Å². The van der Waals surface area contributed by atoms with Crippen LogP contribution in [0.25, 0.3) is 10.8 Å². The van der Waals surface area contributed by atoms with Crippen molar-refractivity contribution in [3.05, 3.63) is 29.5 Å². The zero-order valence-electron chi connectivity index (χ0n) is 11.5. The van der Waals surface area contributed by atoms with Crippen molar-refractivity contribution in [2.24, 2.45) is 0 Å². The third-order valence-corrected chi connectivity index (χ3v) is 4.10. The monoisotopic (exact) mass is 294 g/mol. The van der Waals surface area contributed by atoms with E-state index in [0.29, 0.717) is 17.9 Å². The molecule has 1 atom stereocenters. The van der Waals surface area contributed by atoms with Gasteiger partial charge in [-0.05, 0) is 25.5 Å². The number of aliphatic hydroxyl groups excluding tert-OH is 1. The normalized spacial score (nSPS) is 13.9. The van der Waals surface area contributed by atoms with Crippen molar-refractivity contribution in [2.45, 2.75) is 32.2 Å². The molecule has 1 amide bonds. The first-order valence-corrected chi connectivity index (χ1v) is 7.34. The van der Waals surface area contributed by atoms with Crippen molar-refractivity contribution < 1.29 is 14.3 Å². The second kappa shape index (κ2) is 6.19. The van der Waals surface area contributed by atoms with E-state index in [2.05, 4.69) is 10.3 Å². The van der Waals surface area contributed by atoms with Crippen LogP contribution in [0.15, 0.2) is 28.2 Å². The smallest absolute Gasteiger partial charge is 0.226 e. The molecule has 2 rings (SSSR count). The molecule has 0 bridgehead atoms. The molecule has 0 saturated carbocycles. The number of aromatic nitrogens is 1. The van der Waals surface area contributed by atoms with Crippen LogP contribution in [-0.4, -0.2) is 28.1 Å². The summed E-state index contributed by atoms with van der Waals surface area (Å²) < 4.78 is 5.27. The molecule has 0 spiro atoms. The van der Waals surface area contributed by atoms with Gasteiger partial charge in [0.15, 0.2) is 10.8 Å². The highest BCUT2D eigenvalue weighted by Crippen LogP contribution is 2.24. The van der Waals surface area contributed by atoms with E-state index in [1.54, 1.807) is 12.3 Å². The molecule has 20 heavy (non-hydrogen) atoms. The van der Waals surface area contributed by atoms with Gasteiger partial charge in [0.1, 0.15) is 0 Å². The Kier molecular flexibility index (Phi) is 4.57. The minimum Gasteiger partial charge on any atom is -0.462 e. The van der Waals surface area contributed by atoms with Crippen LogP contribution >= 0.6 is 11.3 Å². The summed E-state index contributed by atoms with van der Waals surface area (Å²) in [5.41, 5.74) is 0.132. The molecule has 108 valence electrons. The number of furan rings is 1. The summed E-state index contributed by atoms with van der Waals surface area (Å²) in [6, 6.07) is 3.64. The lowest BCUT2D eigenvalue weighted by Crippen LogP contribution is -2.48. The van der Waals surface area contributed by atoms with Crippen LogP contribution in [0, 0.1) is 0 Å². The maximum absolute atomic E-state index is 12.0. The first-order chi connectivity index (χ1) is 9.56. The topological polar surface area (TPSA) is 75.4 Å². The van der Waals surface area contributed by atoms with Crippen molar-refractivity contribution >= 4 is 17.2 Å². The highest BCUT2D eigenvalue weighted by molar-refractivity contribution is 7.13. The van der Waals surface area contributed by atoms with Crippen LogP contribution in [0.5, 0.6) is 0 Å². The highest BCUT2D eigenvalue weighted by Gasteiger charge is 2.23. The average molecular weight is 294 g/mol. The van der Waals surface area contributed by atoms with Gasteiger partial charge in [0, 0.05) is 5.38 Å². The number of hydrogen-bond donors (Lipinski definition) is 2. The Labute approximate surface area is 121 Å². The molecule has 0 saturated heterocycles. The Balaban J connectivity index is 1.99. The maximum atomic E-state index is 12.0. The van der Waals surface area contributed by atoms with Crippen molar-refractivity contribution in [1.29, 1.82) is 0 Å². The summed E-state index contributed by atoms with van der Waals surface area (Å²) in [6.07, 6.45) is 2.47. The summed E-state index contributed by atoms with van der Waals surface area (Å²) in [5, 5.41) is 14.7. The molecule has 2 aromatic heterocycles. The van der Waals surface area contributed by atoms with Gasteiger partial charge in [0.25, 0.3) is 0 Å². The molecule has 2 N–H and O–H groups in total. The second-order valence-electron chi connectivity index (χ2n) is 4.92. The minimum atomic E-state index is -0.572. The minimum absolute atomic E-state index is 0.0794. The molecule has 1 unspecified atom stereocenters. The van der Waals surface area contributed by atoms with Gasteiger partial charge in [-0.2, -0.15) is 0 Å². The zero-order valence-corrected chi connectivity index (χ0v) is 12.4. The van der Waals surface area contributed by atoms with Crippen LogP contribution in [-0.2, 0) is 11.2 Å². The van der Waals surface area contributed by atoms with Crippen LogP contribution in [0.2, 0.25) is 0 Å². The second-order valence-corrected chi connectivity index (χ2v) is 5.78. The van der Waals surface area contributed by atoms with Gasteiger partial charge in [-0.15, -0.1) is 11.3 Å². The summed E-state index contributed by atoms with van der Waals surface area (Å²) in [7, 11) is 0. The van der Waals surface area contributed by atoms with E-state index in [0.717, 1.165) is 5.01 Å². The predicted molar refractivity (Wildman–Crippen MR) is 77.4 cm³/mol. The Morgan fingerprint density at radius 3 is 3.00 bits per heavy atom. The van der Waals surface area contributed by atoms with Gasteiger partial charge in [-0.25, -0.2) is 4.98 Å². The van der Waals surface area contributed by atoms with E-state index >= 15 is 0 Å². The molecular formula is C14H18N2O3S. The molecule has 0 aliphatic heterocycles. The number of aliphatic hydroxyl groups is 1. The van der Waals surface area contributed by atoms with Crippen LogP contribution in [0.3, 0.4) is 0 Å². The molecule has 0 aromatic carbocycles. The van der Waals surface area contributed by atoms with Crippen molar-refractivity contribution in [2.75, 3.05) is 6.61 Å². The van der Waals surface area contributed by atoms with E-state index in [1.165, 1.54) is 11.3 Å². The predicted octanol–water partition coefficient (Wildman–Crippen LogP) is 2.22. The average Bonchev–Trinajstić information content (AvgIpc) is 3.08. The lowest BCUT2D eigenvalue weighted by molar-refractivity contribution is -0.122. The molecule has 0 fully saturated rings. The number of thiazole rings is 1. The largest absolute Gasteiger partial charge is 0.462 e. The van der Waals surface area contributed by atoms with Crippen LogP contribution in [0.4, 0.5) is 0 Å². The number of nitrogens with zero attached hydrogens (tertiary/aromatic N) is 1. The van der Waals surface area contributed by atoms with Crippen molar-refractivity contribution in [1.82, 2.24) is 10.3 Å². The number of carbonyl (C=O) groups is 1. The van der Waals surface area contributed by atoms with Crippen molar-refractivity contribution in [3.8, 4) is 10.8 Å². The first-order valence-electron chi connectivity index (χ1n) is 6.46. The summed E-state index contributed by atoms with van der Waals surface area (Å²) in [6.45, 7) is 3.67. The Bertz CT molecular complexity index is 559. The van der Waals surface area contributed by atoms with E-state index in [9.17, 15) is 9.90 Å². The quantitative estimate of drug-likeness (QED) is 0.856. The van der Waals surface area contributed by atoms with E-state index < -0.39 is 5.54 Å². The summed E-state index contributed by atoms with van der Waals surface area (Å²) >= 11 is 1.44. The first kappa shape index (κ1) is 14.7. The van der Waals surface area contributed by atoms with E-state index in [4.69, 9.17) is 4.42 Å². The number of hydrogen-bond acceptors (Lipinski definition) is 5. The third kappa shape index (κ3) is 3.46. The molecule has 2 heterocycles. The zero-order chi connectivity index (χ0) is 14.6. The van der Waals surface area contributed by atoms with Gasteiger partial charge in [0.05, 0.1) is 30.5 Å². The molecule has 6 heteroatoms. The molecule has 2 aromatic rings. The lowest BCUT2D eigenvalue weighted by Gasteiger charge is -2.26. The number of amides is 1. The van der Waals surface area contributed by atoms with E-state index in [1.807, 2.05) is 25.3 Å². The van der Waals surface area contributed by atoms with Gasteiger partial charge in [-0.1, -0.05) is 6.92 Å². The Morgan fingerprint density at radius 2 is 2.40 bits per heavy atom. The molecule has 0 aliphatic carbocycles. The number of rotatable bonds is 6. The standard InChI is InChI=1S/C14H18N2O3S/c1-3-14(2,9-17)16-12(18)7-10-8-20-13(15-10)11-5-4-6-19-11/h4-6,8,17H,3,7,9H2,1-2H3,(H,16,18). The molecule has 0 radical (unpaired) electrons. The van der Waals surface area contributed by atoms with Gasteiger partial charge in [0.2, 0.25) is 5.91 Å².